The van der Waals surface area contributed by atoms with E-state index < -0.39 is 5.82 Å². The van der Waals surface area contributed by atoms with Crippen LogP contribution in [-0.4, -0.2) is 15.7 Å². The minimum atomic E-state index is -0.523. The third-order valence-corrected chi connectivity index (χ3v) is 5.16. The van der Waals surface area contributed by atoms with Gasteiger partial charge in [0, 0.05) is 17.7 Å². The standard InChI is InChI=1S/C26H23F2N3O2/c1-17-6-5-7-20(16-17)29-25(32)15-14-22-18(2)30-31(21-12-10-19(27)11-13-21)26(22)33-24-9-4-3-8-23(24)28/h3-13,16H,14-15H2,1-2H3,(H,29,32). The fourth-order valence-electron chi connectivity index (χ4n) is 3.50. The predicted molar refractivity (Wildman–Crippen MR) is 123 cm³/mol. The maximum atomic E-state index is 14.3. The molecule has 4 rings (SSSR count). The molecule has 4 aromatic rings. The van der Waals surface area contributed by atoms with E-state index in [1.54, 1.807) is 31.2 Å². The van der Waals surface area contributed by atoms with Crippen molar-refractivity contribution < 1.29 is 18.3 Å². The molecule has 33 heavy (non-hydrogen) atoms. The van der Waals surface area contributed by atoms with Gasteiger partial charge in [-0.3, -0.25) is 4.79 Å². The van der Waals surface area contributed by atoms with Crippen molar-refractivity contribution in [3.63, 3.8) is 0 Å². The van der Waals surface area contributed by atoms with Crippen LogP contribution in [0.5, 0.6) is 11.6 Å². The van der Waals surface area contributed by atoms with Crippen LogP contribution in [0.3, 0.4) is 0 Å². The molecule has 5 nitrogen and oxygen atoms in total. The van der Waals surface area contributed by atoms with Crippen LogP contribution in [0.1, 0.15) is 23.2 Å². The molecule has 168 valence electrons. The number of carbonyl (C=O) groups is 1. The number of ether oxygens (including phenoxy) is 1. The molecule has 7 heteroatoms. The molecular weight excluding hydrogens is 424 g/mol. The van der Waals surface area contributed by atoms with Gasteiger partial charge in [0.05, 0.1) is 11.4 Å². The van der Waals surface area contributed by atoms with Crippen LogP contribution in [0.2, 0.25) is 0 Å². The Labute approximate surface area is 190 Å². The molecule has 1 amide bonds. The summed E-state index contributed by atoms with van der Waals surface area (Å²) in [4.78, 5) is 12.6. The molecule has 1 heterocycles. The third-order valence-electron chi connectivity index (χ3n) is 5.16. The second kappa shape index (κ2) is 9.65. The molecule has 0 aliphatic heterocycles. The van der Waals surface area contributed by atoms with Crippen LogP contribution in [0.25, 0.3) is 5.69 Å². The number of aromatic nitrogens is 2. The van der Waals surface area contributed by atoms with Gasteiger partial charge < -0.3 is 10.1 Å². The van der Waals surface area contributed by atoms with Crippen molar-refractivity contribution in [2.45, 2.75) is 26.7 Å². The molecule has 0 unspecified atom stereocenters. The summed E-state index contributed by atoms with van der Waals surface area (Å²) in [7, 11) is 0. The van der Waals surface area contributed by atoms with Gasteiger partial charge in [-0.2, -0.15) is 5.10 Å². The van der Waals surface area contributed by atoms with Crippen molar-refractivity contribution in [3.05, 3.63) is 101 Å². The smallest absolute Gasteiger partial charge is 0.226 e. The number of para-hydroxylation sites is 1. The first kappa shape index (κ1) is 22.2. The summed E-state index contributed by atoms with van der Waals surface area (Å²) < 4.78 is 35.2. The van der Waals surface area contributed by atoms with Crippen LogP contribution in [0.15, 0.2) is 72.8 Å². The van der Waals surface area contributed by atoms with E-state index in [1.165, 1.54) is 28.9 Å². The highest BCUT2D eigenvalue weighted by atomic mass is 19.1. The lowest BCUT2D eigenvalue weighted by atomic mass is 10.1. The molecule has 0 spiro atoms. The van der Waals surface area contributed by atoms with Crippen molar-refractivity contribution in [2.75, 3.05) is 5.32 Å². The Bertz CT molecular complexity index is 1280. The normalized spacial score (nSPS) is 10.8. The van der Waals surface area contributed by atoms with E-state index in [0.29, 0.717) is 23.4 Å². The number of hydrogen-bond donors (Lipinski definition) is 1. The van der Waals surface area contributed by atoms with Crippen LogP contribution >= 0.6 is 0 Å². The average molecular weight is 447 g/mol. The summed E-state index contributed by atoms with van der Waals surface area (Å²) in [6, 6.07) is 19.3. The summed E-state index contributed by atoms with van der Waals surface area (Å²) >= 11 is 0. The first-order valence-corrected chi connectivity index (χ1v) is 10.5. The van der Waals surface area contributed by atoms with E-state index in [0.717, 1.165) is 11.3 Å². The Kier molecular flexibility index (Phi) is 6.49. The van der Waals surface area contributed by atoms with Gasteiger partial charge in [-0.15, -0.1) is 0 Å². The van der Waals surface area contributed by atoms with E-state index >= 15 is 0 Å². The second-order valence-corrected chi connectivity index (χ2v) is 7.71. The quantitative estimate of drug-likeness (QED) is 0.371. The number of hydrogen-bond acceptors (Lipinski definition) is 3. The van der Waals surface area contributed by atoms with E-state index in [-0.39, 0.29) is 29.8 Å². The van der Waals surface area contributed by atoms with Gasteiger partial charge in [0.15, 0.2) is 11.6 Å². The zero-order valence-corrected chi connectivity index (χ0v) is 18.3. The number of rotatable bonds is 7. The first-order valence-electron chi connectivity index (χ1n) is 10.5. The first-order chi connectivity index (χ1) is 15.9. The highest BCUT2D eigenvalue weighted by Gasteiger charge is 2.21. The second-order valence-electron chi connectivity index (χ2n) is 7.71. The van der Waals surface area contributed by atoms with E-state index in [4.69, 9.17) is 4.74 Å². The Hall–Kier alpha value is -4.00. The fraction of sp³-hybridized carbons (Fsp3) is 0.154. The monoisotopic (exact) mass is 447 g/mol. The van der Waals surface area contributed by atoms with Crippen molar-refractivity contribution in [2.24, 2.45) is 0 Å². The van der Waals surface area contributed by atoms with Gasteiger partial charge in [0.25, 0.3) is 0 Å². The Balaban J connectivity index is 1.63. The van der Waals surface area contributed by atoms with Crippen LogP contribution in [-0.2, 0) is 11.2 Å². The largest absolute Gasteiger partial charge is 0.436 e. The van der Waals surface area contributed by atoms with E-state index in [1.807, 2.05) is 31.2 Å². The topological polar surface area (TPSA) is 56.2 Å². The Morgan fingerprint density at radius 2 is 1.76 bits per heavy atom. The molecule has 0 aliphatic rings. The maximum absolute atomic E-state index is 14.3. The van der Waals surface area contributed by atoms with Gasteiger partial charge in [-0.1, -0.05) is 24.3 Å². The third kappa shape index (κ3) is 5.26. The van der Waals surface area contributed by atoms with Gasteiger partial charge in [0.1, 0.15) is 5.82 Å². The van der Waals surface area contributed by atoms with Crippen molar-refractivity contribution in [3.8, 4) is 17.3 Å². The number of carbonyl (C=O) groups excluding carboxylic acids is 1. The number of nitrogens with zero attached hydrogens (tertiary/aromatic N) is 2. The molecule has 1 aromatic heterocycles. The SMILES string of the molecule is Cc1cccc(NC(=O)CCc2c(C)nn(-c3ccc(F)cc3)c2Oc2ccccc2F)c1. The average Bonchev–Trinajstić information content (AvgIpc) is 3.09. The number of halogens is 2. The molecule has 0 aliphatic carbocycles. The van der Waals surface area contributed by atoms with E-state index in [2.05, 4.69) is 10.4 Å². The molecule has 0 fully saturated rings. The Morgan fingerprint density at radius 3 is 2.48 bits per heavy atom. The van der Waals surface area contributed by atoms with Gasteiger partial charge in [-0.05, 0) is 74.4 Å². The summed E-state index contributed by atoms with van der Waals surface area (Å²) in [6.45, 7) is 3.75. The highest BCUT2D eigenvalue weighted by molar-refractivity contribution is 5.90. The minimum absolute atomic E-state index is 0.0335. The lowest BCUT2D eigenvalue weighted by Crippen LogP contribution is -2.12. The molecular formula is C26H23F2N3O2. The van der Waals surface area contributed by atoms with Crippen molar-refractivity contribution in [1.82, 2.24) is 9.78 Å². The summed E-state index contributed by atoms with van der Waals surface area (Å²) in [5.41, 5.74) is 3.63. The van der Waals surface area contributed by atoms with Crippen molar-refractivity contribution >= 4 is 11.6 Å². The molecule has 0 saturated heterocycles. The summed E-state index contributed by atoms with van der Waals surface area (Å²) in [5, 5.41) is 7.41. The molecule has 0 radical (unpaired) electrons. The predicted octanol–water partition coefficient (Wildman–Crippen LogP) is 6.13. The van der Waals surface area contributed by atoms with Gasteiger partial charge in [0.2, 0.25) is 11.8 Å². The number of anilines is 1. The lowest BCUT2D eigenvalue weighted by Gasteiger charge is -2.12. The maximum Gasteiger partial charge on any atom is 0.226 e. The zero-order valence-electron chi connectivity index (χ0n) is 18.3. The van der Waals surface area contributed by atoms with Crippen LogP contribution in [0.4, 0.5) is 14.5 Å². The molecule has 0 atom stereocenters. The number of aryl methyl sites for hydroxylation is 2. The van der Waals surface area contributed by atoms with E-state index in [9.17, 15) is 13.6 Å². The Morgan fingerprint density at radius 1 is 1.00 bits per heavy atom. The molecule has 3 aromatic carbocycles. The molecule has 1 N–H and O–H groups in total. The zero-order chi connectivity index (χ0) is 23.4. The van der Waals surface area contributed by atoms with Crippen molar-refractivity contribution in [1.29, 1.82) is 0 Å². The van der Waals surface area contributed by atoms with Crippen LogP contribution < -0.4 is 10.1 Å². The highest BCUT2D eigenvalue weighted by Crippen LogP contribution is 2.32. The van der Waals surface area contributed by atoms with Gasteiger partial charge in [-0.25, -0.2) is 13.5 Å². The summed E-state index contributed by atoms with van der Waals surface area (Å²) in [6.07, 6.45) is 0.506. The number of nitrogens with one attached hydrogen (secondary N) is 1. The molecule has 0 bridgehead atoms. The van der Waals surface area contributed by atoms with Crippen LogP contribution in [0, 0.1) is 25.5 Å². The fourth-order valence-corrected chi connectivity index (χ4v) is 3.50. The minimum Gasteiger partial charge on any atom is -0.436 e. The summed E-state index contributed by atoms with van der Waals surface area (Å²) in [5.74, 6) is -0.748. The number of amides is 1. The lowest BCUT2D eigenvalue weighted by molar-refractivity contribution is -0.116. The number of benzene rings is 3. The van der Waals surface area contributed by atoms with Gasteiger partial charge >= 0.3 is 0 Å². The molecule has 0 saturated carbocycles.